The molecule has 0 bridgehead atoms. The molecule has 0 radical (unpaired) electrons. The second-order valence-corrected chi connectivity index (χ2v) is 7.08. The molecule has 1 aliphatic rings. The molecule has 146 valence electrons. The molecule has 4 rings (SSSR count). The summed E-state index contributed by atoms with van der Waals surface area (Å²) in [6.07, 6.45) is 2.97. The topological polar surface area (TPSA) is 64.8 Å². The fraction of sp³-hybridized carbons (Fsp3) is 0.364. The lowest BCUT2D eigenvalue weighted by atomic mass is 9.97. The third-order valence-electron chi connectivity index (χ3n) is 5.24. The van der Waals surface area contributed by atoms with Gasteiger partial charge in [0.05, 0.1) is 13.0 Å². The molecule has 2 heterocycles. The molecule has 1 fully saturated rings. The minimum atomic E-state index is -0.0748. The van der Waals surface area contributed by atoms with Crippen molar-refractivity contribution in [1.29, 1.82) is 0 Å². The van der Waals surface area contributed by atoms with Crippen molar-refractivity contribution in [3.63, 3.8) is 0 Å². The average Bonchev–Trinajstić information content (AvgIpc) is 3.15. The number of carbonyl (C=O) groups excluding carboxylic acids is 1. The van der Waals surface area contributed by atoms with Crippen molar-refractivity contribution in [3.8, 4) is 11.8 Å². The van der Waals surface area contributed by atoms with Crippen LogP contribution >= 0.6 is 0 Å². The van der Waals surface area contributed by atoms with Crippen LogP contribution in [0.15, 0.2) is 52.9 Å². The Hall–Kier alpha value is -2.86. The lowest BCUT2D eigenvalue weighted by Gasteiger charge is -2.30. The predicted octanol–water partition coefficient (Wildman–Crippen LogP) is 4.05. The summed E-state index contributed by atoms with van der Waals surface area (Å²) < 4.78 is 16.2. The maximum Gasteiger partial charge on any atom is 0.400 e. The number of piperidine rings is 1. The average molecular weight is 380 g/mol. The van der Waals surface area contributed by atoms with Gasteiger partial charge in [0.15, 0.2) is 5.58 Å². The number of benzene rings is 2. The van der Waals surface area contributed by atoms with Crippen LogP contribution in [0.3, 0.4) is 0 Å². The van der Waals surface area contributed by atoms with Gasteiger partial charge in [-0.2, -0.15) is 4.98 Å². The summed E-state index contributed by atoms with van der Waals surface area (Å²) in [5.74, 6) is 0.688. The number of carbonyl (C=O) groups is 1. The standard InChI is InChI=1S/C22H24N2O4/c1-26-21(25)17-11-14-24(15-12-17)13-10-16-6-8-18(9-7-16)27-22-23-19-4-2-3-5-20(19)28-22/h2-9,17H,10-15H2,1H3. The highest BCUT2D eigenvalue weighted by Crippen LogP contribution is 2.25. The van der Waals surface area contributed by atoms with E-state index in [0.29, 0.717) is 11.3 Å². The molecule has 0 amide bonds. The van der Waals surface area contributed by atoms with Gasteiger partial charge in [0.1, 0.15) is 11.3 Å². The molecular weight excluding hydrogens is 356 g/mol. The number of methoxy groups -OCH3 is 1. The summed E-state index contributed by atoms with van der Waals surface area (Å²) in [6.45, 7) is 2.87. The van der Waals surface area contributed by atoms with E-state index in [1.165, 1.54) is 12.7 Å². The van der Waals surface area contributed by atoms with E-state index in [2.05, 4.69) is 22.0 Å². The van der Waals surface area contributed by atoms with Crippen molar-refractivity contribution >= 4 is 17.1 Å². The molecule has 1 aliphatic heterocycles. The molecule has 0 atom stereocenters. The number of likely N-dealkylation sites (tertiary alicyclic amines) is 1. The van der Waals surface area contributed by atoms with Gasteiger partial charge in [0.2, 0.25) is 0 Å². The molecule has 6 nitrogen and oxygen atoms in total. The summed E-state index contributed by atoms with van der Waals surface area (Å²) in [5, 5.41) is 0. The molecule has 2 aromatic carbocycles. The zero-order valence-corrected chi connectivity index (χ0v) is 16.0. The number of para-hydroxylation sites is 2. The van der Waals surface area contributed by atoms with Gasteiger partial charge >= 0.3 is 12.0 Å². The predicted molar refractivity (Wildman–Crippen MR) is 105 cm³/mol. The highest BCUT2D eigenvalue weighted by molar-refractivity contribution is 5.73. The normalized spacial score (nSPS) is 15.6. The first-order valence-corrected chi connectivity index (χ1v) is 9.64. The van der Waals surface area contributed by atoms with E-state index in [9.17, 15) is 4.79 Å². The maximum atomic E-state index is 11.6. The third-order valence-corrected chi connectivity index (χ3v) is 5.24. The molecule has 0 unspecified atom stereocenters. The van der Waals surface area contributed by atoms with Crippen LogP contribution in [0, 0.1) is 5.92 Å². The Labute approximate surface area is 164 Å². The highest BCUT2D eigenvalue weighted by atomic mass is 16.6. The zero-order chi connectivity index (χ0) is 19.3. The summed E-state index contributed by atoms with van der Waals surface area (Å²) >= 11 is 0. The number of hydrogen-bond acceptors (Lipinski definition) is 6. The Morgan fingerprint density at radius 3 is 2.61 bits per heavy atom. The van der Waals surface area contributed by atoms with E-state index in [1.807, 2.05) is 36.4 Å². The number of rotatable bonds is 6. The van der Waals surface area contributed by atoms with Crippen LogP contribution in [-0.2, 0) is 16.0 Å². The van der Waals surface area contributed by atoms with Crippen molar-refractivity contribution < 1.29 is 18.7 Å². The Morgan fingerprint density at radius 2 is 1.89 bits per heavy atom. The van der Waals surface area contributed by atoms with Crippen molar-refractivity contribution in [2.45, 2.75) is 19.3 Å². The highest BCUT2D eigenvalue weighted by Gasteiger charge is 2.25. The zero-order valence-electron chi connectivity index (χ0n) is 16.0. The van der Waals surface area contributed by atoms with Gasteiger partial charge in [0, 0.05) is 6.54 Å². The van der Waals surface area contributed by atoms with Crippen molar-refractivity contribution in [1.82, 2.24) is 9.88 Å². The first-order chi connectivity index (χ1) is 13.7. The van der Waals surface area contributed by atoms with Crippen LogP contribution in [0.2, 0.25) is 0 Å². The monoisotopic (exact) mass is 380 g/mol. The van der Waals surface area contributed by atoms with Gasteiger partial charge < -0.3 is 18.8 Å². The second kappa shape index (κ2) is 8.44. The summed E-state index contributed by atoms with van der Waals surface area (Å²) in [4.78, 5) is 18.3. The first kappa shape index (κ1) is 18.5. The minimum absolute atomic E-state index is 0.0598. The van der Waals surface area contributed by atoms with Gasteiger partial charge in [-0.25, -0.2) is 0 Å². The van der Waals surface area contributed by atoms with Crippen LogP contribution in [0.4, 0.5) is 0 Å². The molecule has 0 N–H and O–H groups in total. The fourth-order valence-corrected chi connectivity index (χ4v) is 3.57. The molecule has 0 spiro atoms. The number of nitrogens with zero attached hydrogens (tertiary/aromatic N) is 2. The molecule has 1 saturated heterocycles. The minimum Gasteiger partial charge on any atom is -0.469 e. The Morgan fingerprint density at radius 1 is 1.14 bits per heavy atom. The largest absolute Gasteiger partial charge is 0.469 e. The molecule has 3 aromatic rings. The van der Waals surface area contributed by atoms with Crippen LogP contribution in [0.1, 0.15) is 18.4 Å². The Bertz CT molecular complexity index is 894. The second-order valence-electron chi connectivity index (χ2n) is 7.08. The number of hydrogen-bond donors (Lipinski definition) is 0. The Balaban J connectivity index is 1.27. The van der Waals surface area contributed by atoms with Gasteiger partial charge in [-0.15, -0.1) is 0 Å². The van der Waals surface area contributed by atoms with Crippen molar-refractivity contribution in [2.24, 2.45) is 5.92 Å². The smallest absolute Gasteiger partial charge is 0.400 e. The lowest BCUT2D eigenvalue weighted by Crippen LogP contribution is -2.37. The first-order valence-electron chi connectivity index (χ1n) is 9.64. The number of fused-ring (bicyclic) bond motifs is 1. The van der Waals surface area contributed by atoms with Crippen LogP contribution < -0.4 is 4.74 Å². The van der Waals surface area contributed by atoms with Gasteiger partial charge in [-0.05, 0) is 62.2 Å². The lowest BCUT2D eigenvalue weighted by molar-refractivity contribution is -0.147. The quantitative estimate of drug-likeness (QED) is 0.601. The number of aromatic nitrogens is 1. The van der Waals surface area contributed by atoms with Gasteiger partial charge in [-0.3, -0.25) is 4.79 Å². The van der Waals surface area contributed by atoms with E-state index >= 15 is 0 Å². The molecule has 0 saturated carbocycles. The SMILES string of the molecule is COC(=O)C1CCN(CCc2ccc(Oc3nc4ccccc4o3)cc2)CC1. The van der Waals surface area contributed by atoms with E-state index in [4.69, 9.17) is 13.9 Å². The molecule has 6 heteroatoms. The van der Waals surface area contributed by atoms with E-state index in [0.717, 1.165) is 44.4 Å². The summed E-state index contributed by atoms with van der Waals surface area (Å²) in [5.41, 5.74) is 2.75. The molecule has 28 heavy (non-hydrogen) atoms. The molecule has 1 aromatic heterocycles. The van der Waals surface area contributed by atoms with Crippen molar-refractivity contribution in [3.05, 3.63) is 54.1 Å². The van der Waals surface area contributed by atoms with Crippen LogP contribution in [0.25, 0.3) is 11.1 Å². The number of oxazole rings is 1. The van der Waals surface area contributed by atoms with Crippen molar-refractivity contribution in [2.75, 3.05) is 26.7 Å². The molecular formula is C22H24N2O4. The van der Waals surface area contributed by atoms with Gasteiger partial charge in [-0.1, -0.05) is 24.3 Å². The Kier molecular flexibility index (Phi) is 5.58. The van der Waals surface area contributed by atoms with Crippen LogP contribution in [-0.4, -0.2) is 42.6 Å². The van der Waals surface area contributed by atoms with E-state index in [1.54, 1.807) is 0 Å². The summed E-state index contributed by atoms with van der Waals surface area (Å²) in [6, 6.07) is 15.6. The van der Waals surface area contributed by atoms with Crippen LogP contribution in [0.5, 0.6) is 11.8 Å². The number of esters is 1. The van der Waals surface area contributed by atoms with E-state index in [-0.39, 0.29) is 18.0 Å². The fourth-order valence-electron chi connectivity index (χ4n) is 3.57. The maximum absolute atomic E-state index is 11.6. The third kappa shape index (κ3) is 4.34. The van der Waals surface area contributed by atoms with Gasteiger partial charge in [0.25, 0.3) is 0 Å². The summed E-state index contributed by atoms with van der Waals surface area (Å²) in [7, 11) is 1.46. The molecule has 0 aliphatic carbocycles. The van der Waals surface area contributed by atoms with E-state index < -0.39 is 0 Å². The number of ether oxygens (including phenoxy) is 2.